The van der Waals surface area contributed by atoms with Crippen LogP contribution in [0.1, 0.15) is 20.8 Å². The van der Waals surface area contributed by atoms with E-state index in [2.05, 4.69) is 37.0 Å². The number of hydrogen-bond donors (Lipinski definition) is 3. The molecule has 0 fully saturated rings. The van der Waals surface area contributed by atoms with Crippen molar-refractivity contribution in [1.29, 1.82) is 0 Å². The van der Waals surface area contributed by atoms with Crippen molar-refractivity contribution in [2.45, 2.75) is 26.4 Å². The number of carbonyl (C=O) groups is 1. The molecule has 30 heavy (non-hydrogen) atoms. The summed E-state index contributed by atoms with van der Waals surface area (Å²) in [6, 6.07) is 13.7. The van der Waals surface area contributed by atoms with Gasteiger partial charge in [0.15, 0.2) is 0 Å². The zero-order chi connectivity index (χ0) is 21.6. The second kappa shape index (κ2) is 9.08. The lowest BCUT2D eigenvalue weighted by Gasteiger charge is -2.19. The smallest absolute Gasteiger partial charge is 0.412 e. The average molecular weight is 407 g/mol. The Labute approximate surface area is 174 Å². The van der Waals surface area contributed by atoms with E-state index in [0.717, 1.165) is 11.4 Å². The number of aromatic nitrogens is 3. The van der Waals surface area contributed by atoms with Crippen molar-refractivity contribution in [3.05, 3.63) is 54.9 Å². The van der Waals surface area contributed by atoms with Crippen LogP contribution in [-0.2, 0) is 4.74 Å². The summed E-state index contributed by atoms with van der Waals surface area (Å²) in [5.74, 6) is 1.36. The van der Waals surface area contributed by atoms with E-state index in [9.17, 15) is 4.79 Å². The summed E-state index contributed by atoms with van der Waals surface area (Å²) in [5.41, 5.74) is 1.46. The Hall–Kier alpha value is -3.88. The number of anilines is 5. The molecule has 2 heterocycles. The molecule has 1 radical (unpaired) electrons. The van der Waals surface area contributed by atoms with Crippen LogP contribution < -0.4 is 20.7 Å². The molecule has 9 nitrogen and oxygen atoms in total. The highest BCUT2D eigenvalue weighted by Crippen LogP contribution is 2.21. The molecule has 1 amide bonds. The first-order valence-electron chi connectivity index (χ1n) is 9.19. The van der Waals surface area contributed by atoms with E-state index in [1.807, 2.05) is 32.9 Å². The van der Waals surface area contributed by atoms with Crippen LogP contribution in [0, 0.1) is 6.07 Å². The average Bonchev–Trinajstić information content (AvgIpc) is 2.67. The van der Waals surface area contributed by atoms with Gasteiger partial charge in [-0.05, 0) is 45.0 Å². The largest absolute Gasteiger partial charge is 0.481 e. The fraction of sp³-hybridized carbons (Fsp3) is 0.238. The van der Waals surface area contributed by atoms with Gasteiger partial charge in [-0.25, -0.2) is 14.8 Å². The number of nitrogens with zero attached hydrogens (tertiary/aromatic N) is 3. The maximum atomic E-state index is 12.0. The Morgan fingerprint density at radius 1 is 1.03 bits per heavy atom. The summed E-state index contributed by atoms with van der Waals surface area (Å²) in [6.45, 7) is 5.43. The molecule has 0 saturated carbocycles. The molecular weight excluding hydrogens is 384 g/mol. The van der Waals surface area contributed by atoms with Crippen molar-refractivity contribution in [2.24, 2.45) is 0 Å². The van der Waals surface area contributed by atoms with Crippen molar-refractivity contribution in [1.82, 2.24) is 15.0 Å². The van der Waals surface area contributed by atoms with E-state index in [0.29, 0.717) is 23.3 Å². The molecule has 3 aromatic rings. The molecule has 155 valence electrons. The fourth-order valence-corrected chi connectivity index (χ4v) is 2.38. The lowest BCUT2D eigenvalue weighted by atomic mass is 10.2. The SMILES string of the molecule is COc1ccc(Nc2nc[c]c(Nc3cccc(NC(=O)OC(C)(C)C)c3)n2)cn1. The Morgan fingerprint density at radius 2 is 1.83 bits per heavy atom. The van der Waals surface area contributed by atoms with Crippen LogP contribution in [0.2, 0.25) is 0 Å². The number of methoxy groups -OCH3 is 1. The molecule has 0 unspecified atom stereocenters. The quantitative estimate of drug-likeness (QED) is 0.547. The topological polar surface area (TPSA) is 110 Å². The monoisotopic (exact) mass is 407 g/mol. The van der Waals surface area contributed by atoms with E-state index in [4.69, 9.17) is 9.47 Å². The summed E-state index contributed by atoms with van der Waals surface area (Å²) in [4.78, 5) is 24.6. The number of amides is 1. The van der Waals surface area contributed by atoms with Crippen molar-refractivity contribution >= 4 is 34.9 Å². The molecule has 0 aliphatic carbocycles. The van der Waals surface area contributed by atoms with E-state index >= 15 is 0 Å². The predicted molar refractivity (Wildman–Crippen MR) is 115 cm³/mol. The first-order valence-corrected chi connectivity index (χ1v) is 9.19. The molecule has 2 aromatic heterocycles. The van der Waals surface area contributed by atoms with E-state index in [1.54, 1.807) is 37.6 Å². The Bertz CT molecular complexity index is 1000. The van der Waals surface area contributed by atoms with Gasteiger partial charge in [-0.2, -0.15) is 4.98 Å². The molecule has 0 saturated heterocycles. The number of benzene rings is 1. The van der Waals surface area contributed by atoms with Crippen LogP contribution in [0.4, 0.5) is 33.6 Å². The number of carbonyl (C=O) groups excluding carboxylic acids is 1. The van der Waals surface area contributed by atoms with Gasteiger partial charge in [0.25, 0.3) is 0 Å². The fourth-order valence-electron chi connectivity index (χ4n) is 2.38. The van der Waals surface area contributed by atoms with Crippen LogP contribution in [0.15, 0.2) is 48.8 Å². The number of rotatable bonds is 6. The van der Waals surface area contributed by atoms with Crippen LogP contribution in [0.25, 0.3) is 0 Å². The molecule has 0 aliphatic heterocycles. The molecule has 0 aliphatic rings. The van der Waals surface area contributed by atoms with E-state index in [-0.39, 0.29) is 0 Å². The van der Waals surface area contributed by atoms with Crippen molar-refractivity contribution < 1.29 is 14.3 Å². The van der Waals surface area contributed by atoms with Gasteiger partial charge < -0.3 is 20.1 Å². The Morgan fingerprint density at radius 3 is 2.53 bits per heavy atom. The molecule has 3 N–H and O–H groups in total. The lowest BCUT2D eigenvalue weighted by molar-refractivity contribution is 0.0636. The third-order valence-electron chi connectivity index (χ3n) is 3.58. The maximum Gasteiger partial charge on any atom is 0.412 e. The van der Waals surface area contributed by atoms with Crippen LogP contribution >= 0.6 is 0 Å². The summed E-state index contributed by atoms with van der Waals surface area (Å²) < 4.78 is 10.3. The minimum Gasteiger partial charge on any atom is -0.481 e. The summed E-state index contributed by atoms with van der Waals surface area (Å²) in [6.07, 6.45) is 2.61. The first-order chi connectivity index (χ1) is 14.3. The summed E-state index contributed by atoms with van der Waals surface area (Å²) in [5, 5.41) is 8.91. The lowest BCUT2D eigenvalue weighted by Crippen LogP contribution is -2.27. The molecule has 3 rings (SSSR count). The summed E-state index contributed by atoms with van der Waals surface area (Å²) in [7, 11) is 1.56. The minimum absolute atomic E-state index is 0.381. The van der Waals surface area contributed by atoms with Gasteiger partial charge in [0, 0.05) is 29.7 Å². The van der Waals surface area contributed by atoms with Gasteiger partial charge in [-0.1, -0.05) is 6.07 Å². The highest BCUT2D eigenvalue weighted by molar-refractivity contribution is 5.85. The van der Waals surface area contributed by atoms with Gasteiger partial charge in [0.1, 0.15) is 11.4 Å². The van der Waals surface area contributed by atoms with Crippen LogP contribution in [0.5, 0.6) is 5.88 Å². The van der Waals surface area contributed by atoms with Crippen LogP contribution in [0.3, 0.4) is 0 Å². The van der Waals surface area contributed by atoms with E-state index in [1.165, 1.54) is 6.20 Å². The molecule has 1 aromatic carbocycles. The van der Waals surface area contributed by atoms with Crippen molar-refractivity contribution in [2.75, 3.05) is 23.1 Å². The van der Waals surface area contributed by atoms with Gasteiger partial charge in [-0.3, -0.25) is 5.32 Å². The van der Waals surface area contributed by atoms with Gasteiger partial charge in [-0.15, -0.1) is 0 Å². The molecule has 0 spiro atoms. The Balaban J connectivity index is 1.66. The van der Waals surface area contributed by atoms with Gasteiger partial charge in [0.2, 0.25) is 11.8 Å². The normalized spacial score (nSPS) is 10.8. The Kier molecular flexibility index (Phi) is 6.31. The zero-order valence-electron chi connectivity index (χ0n) is 17.2. The van der Waals surface area contributed by atoms with Crippen LogP contribution in [-0.4, -0.2) is 33.8 Å². The highest BCUT2D eigenvalue weighted by atomic mass is 16.6. The third-order valence-corrected chi connectivity index (χ3v) is 3.58. The maximum absolute atomic E-state index is 12.0. The number of ether oxygens (including phenoxy) is 2. The standard InChI is InChI=1S/C21H23N6O3/c1-21(2,3)30-20(28)26-15-7-5-6-14(12-15)24-17-10-11-22-19(27-17)25-16-8-9-18(29-4)23-13-16/h5-9,11-13H,1-4H3,(H,26,28)(H2,22,24,25,27). The molecule has 0 bridgehead atoms. The molecular formula is C21H23N6O3. The van der Waals surface area contributed by atoms with E-state index < -0.39 is 11.7 Å². The third kappa shape index (κ3) is 6.33. The van der Waals surface area contributed by atoms with Gasteiger partial charge in [0.05, 0.1) is 19.0 Å². The number of pyridine rings is 1. The molecule has 0 atom stereocenters. The van der Waals surface area contributed by atoms with Crippen molar-refractivity contribution in [3.8, 4) is 5.88 Å². The summed E-state index contributed by atoms with van der Waals surface area (Å²) >= 11 is 0. The second-order valence-electron chi connectivity index (χ2n) is 7.23. The van der Waals surface area contributed by atoms with Crippen molar-refractivity contribution in [3.63, 3.8) is 0 Å². The predicted octanol–water partition coefficient (Wildman–Crippen LogP) is 4.51. The van der Waals surface area contributed by atoms with Gasteiger partial charge >= 0.3 is 6.09 Å². The molecule has 9 heteroatoms. The number of nitrogens with one attached hydrogen (secondary N) is 3. The zero-order valence-corrected chi connectivity index (χ0v) is 17.2. The highest BCUT2D eigenvalue weighted by Gasteiger charge is 2.16. The minimum atomic E-state index is -0.571. The number of hydrogen-bond acceptors (Lipinski definition) is 8. The second-order valence-corrected chi connectivity index (χ2v) is 7.23. The first kappa shape index (κ1) is 20.8.